The minimum Gasteiger partial charge on any atom is -0.459 e. The lowest BCUT2D eigenvalue weighted by Crippen LogP contribution is -2.53. The van der Waals surface area contributed by atoms with Gasteiger partial charge in [0.2, 0.25) is 0 Å². The smallest absolute Gasteiger partial charge is 0.352 e. The fourth-order valence-corrected chi connectivity index (χ4v) is 3.67. The molecule has 1 aliphatic heterocycles. The molecule has 5 heteroatoms. The highest BCUT2D eigenvalue weighted by Crippen LogP contribution is 2.53. The predicted octanol–water partition coefficient (Wildman–Crippen LogP) is 3.35. The highest BCUT2D eigenvalue weighted by molar-refractivity contribution is 7.79. The standard InChI is InChI=1S/C17H20O4S/c1-11(20-15(18)12-6-4-3-5-7-12)13-8-9-17(13,2)14-10-19-16(22)21-14/h3-7,11,13-14H,8-10H2,1-2H3/t11-,13-,14+,17-/m0/s1. The van der Waals surface area contributed by atoms with E-state index in [4.69, 9.17) is 26.4 Å². The van der Waals surface area contributed by atoms with Crippen molar-refractivity contribution >= 4 is 23.4 Å². The summed E-state index contributed by atoms with van der Waals surface area (Å²) in [7, 11) is 0. The van der Waals surface area contributed by atoms with Crippen molar-refractivity contribution in [3.05, 3.63) is 35.9 Å². The van der Waals surface area contributed by atoms with Crippen LogP contribution < -0.4 is 0 Å². The first-order valence-electron chi connectivity index (χ1n) is 7.60. The summed E-state index contributed by atoms with van der Waals surface area (Å²) in [6, 6.07) is 9.07. The van der Waals surface area contributed by atoms with Crippen LogP contribution in [0.25, 0.3) is 0 Å². The average molecular weight is 320 g/mol. The van der Waals surface area contributed by atoms with Gasteiger partial charge in [0.15, 0.2) is 0 Å². The summed E-state index contributed by atoms with van der Waals surface area (Å²) in [5.41, 5.74) is 0.522. The van der Waals surface area contributed by atoms with Gasteiger partial charge < -0.3 is 14.2 Å². The van der Waals surface area contributed by atoms with E-state index in [1.165, 1.54) is 0 Å². The number of hydrogen-bond acceptors (Lipinski definition) is 5. The van der Waals surface area contributed by atoms with Crippen LogP contribution in [-0.2, 0) is 14.2 Å². The summed E-state index contributed by atoms with van der Waals surface area (Å²) in [6.45, 7) is 4.61. The van der Waals surface area contributed by atoms with Gasteiger partial charge in [0.05, 0.1) is 5.56 Å². The zero-order chi connectivity index (χ0) is 15.7. The lowest BCUT2D eigenvalue weighted by atomic mass is 9.56. The van der Waals surface area contributed by atoms with Gasteiger partial charge in [-0.05, 0) is 31.9 Å². The highest BCUT2D eigenvalue weighted by atomic mass is 32.1. The first-order chi connectivity index (χ1) is 10.5. The summed E-state index contributed by atoms with van der Waals surface area (Å²) >= 11 is 4.95. The van der Waals surface area contributed by atoms with Gasteiger partial charge in [-0.1, -0.05) is 25.1 Å². The predicted molar refractivity (Wildman–Crippen MR) is 85.6 cm³/mol. The van der Waals surface area contributed by atoms with E-state index in [2.05, 4.69) is 6.92 Å². The van der Waals surface area contributed by atoms with E-state index in [1.54, 1.807) is 12.1 Å². The van der Waals surface area contributed by atoms with Gasteiger partial charge >= 0.3 is 11.2 Å². The Balaban J connectivity index is 1.64. The molecular weight excluding hydrogens is 300 g/mol. The molecule has 22 heavy (non-hydrogen) atoms. The van der Waals surface area contributed by atoms with Crippen LogP contribution in [0.5, 0.6) is 0 Å². The van der Waals surface area contributed by atoms with Crippen LogP contribution in [-0.4, -0.2) is 30.0 Å². The van der Waals surface area contributed by atoms with Crippen molar-refractivity contribution in [3.8, 4) is 0 Å². The minimum atomic E-state index is -0.276. The number of thiocarbonyl (C=S) groups is 1. The van der Waals surface area contributed by atoms with E-state index in [9.17, 15) is 4.79 Å². The van der Waals surface area contributed by atoms with Crippen molar-refractivity contribution in [2.75, 3.05) is 6.61 Å². The Bertz CT molecular complexity index is 573. The summed E-state index contributed by atoms with van der Waals surface area (Å²) in [4.78, 5) is 12.2. The fraction of sp³-hybridized carbons (Fsp3) is 0.529. The van der Waals surface area contributed by atoms with Crippen LogP contribution in [0, 0.1) is 11.3 Å². The molecule has 1 aromatic carbocycles. The van der Waals surface area contributed by atoms with Gasteiger partial charge in [-0.3, -0.25) is 0 Å². The molecule has 0 aromatic heterocycles. The molecule has 1 aliphatic carbocycles. The maximum Gasteiger partial charge on any atom is 0.352 e. The lowest BCUT2D eigenvalue weighted by molar-refractivity contribution is -0.108. The van der Waals surface area contributed by atoms with Crippen LogP contribution in [0.15, 0.2) is 30.3 Å². The van der Waals surface area contributed by atoms with E-state index in [0.29, 0.717) is 12.2 Å². The van der Waals surface area contributed by atoms with Crippen LogP contribution in [0.2, 0.25) is 0 Å². The lowest BCUT2D eigenvalue weighted by Gasteiger charge is -2.51. The van der Waals surface area contributed by atoms with Crippen LogP contribution in [0.1, 0.15) is 37.0 Å². The quantitative estimate of drug-likeness (QED) is 0.629. The third-order valence-electron chi connectivity index (χ3n) is 5.04. The molecular formula is C17H20O4S. The SMILES string of the molecule is C[C@H](OC(=O)c1ccccc1)[C@@H]1CC[C@]1(C)[C@H]1COC(=S)O1. The summed E-state index contributed by atoms with van der Waals surface area (Å²) < 4.78 is 16.5. The zero-order valence-electron chi connectivity index (χ0n) is 12.8. The Hall–Kier alpha value is -1.62. The molecule has 3 rings (SSSR count). The molecule has 0 bridgehead atoms. The van der Waals surface area contributed by atoms with E-state index in [1.807, 2.05) is 25.1 Å². The summed E-state index contributed by atoms with van der Waals surface area (Å²) in [5, 5.41) is 0.228. The maximum atomic E-state index is 12.2. The molecule has 1 saturated heterocycles. The number of ether oxygens (including phenoxy) is 3. The molecule has 2 fully saturated rings. The van der Waals surface area contributed by atoms with E-state index >= 15 is 0 Å². The van der Waals surface area contributed by atoms with Crippen molar-refractivity contribution in [2.24, 2.45) is 11.3 Å². The monoisotopic (exact) mass is 320 g/mol. The molecule has 0 N–H and O–H groups in total. The second kappa shape index (κ2) is 5.88. The van der Waals surface area contributed by atoms with Gasteiger partial charge in [-0.15, -0.1) is 0 Å². The molecule has 0 amide bonds. The second-order valence-electron chi connectivity index (χ2n) is 6.29. The van der Waals surface area contributed by atoms with Crippen molar-refractivity contribution in [1.29, 1.82) is 0 Å². The molecule has 4 nitrogen and oxygen atoms in total. The van der Waals surface area contributed by atoms with Crippen LogP contribution in [0.3, 0.4) is 0 Å². The van der Waals surface area contributed by atoms with Crippen molar-refractivity contribution in [3.63, 3.8) is 0 Å². The van der Waals surface area contributed by atoms with E-state index < -0.39 is 0 Å². The second-order valence-corrected chi connectivity index (χ2v) is 6.63. The largest absolute Gasteiger partial charge is 0.459 e. The molecule has 0 radical (unpaired) electrons. The summed E-state index contributed by atoms with van der Waals surface area (Å²) in [6.07, 6.45) is 1.84. The first-order valence-corrected chi connectivity index (χ1v) is 8.01. The molecule has 0 unspecified atom stereocenters. The Morgan fingerprint density at radius 1 is 1.41 bits per heavy atom. The van der Waals surface area contributed by atoms with Gasteiger partial charge in [0.25, 0.3) is 0 Å². The number of carbonyl (C=O) groups is 1. The number of esters is 1. The topological polar surface area (TPSA) is 44.8 Å². The average Bonchev–Trinajstić information content (AvgIpc) is 2.93. The molecule has 4 atom stereocenters. The minimum absolute atomic E-state index is 0.0448. The maximum absolute atomic E-state index is 12.2. The molecule has 1 heterocycles. The normalized spacial score (nSPS) is 31.6. The number of carbonyl (C=O) groups excluding carboxylic acids is 1. The van der Waals surface area contributed by atoms with Gasteiger partial charge in [-0.25, -0.2) is 4.79 Å². The van der Waals surface area contributed by atoms with Gasteiger partial charge in [-0.2, -0.15) is 0 Å². The van der Waals surface area contributed by atoms with E-state index in [0.717, 1.165) is 12.8 Å². The zero-order valence-corrected chi connectivity index (χ0v) is 13.6. The fourth-order valence-electron chi connectivity index (χ4n) is 3.48. The molecule has 118 valence electrons. The third kappa shape index (κ3) is 2.70. The van der Waals surface area contributed by atoms with Crippen LogP contribution >= 0.6 is 12.2 Å². The van der Waals surface area contributed by atoms with Gasteiger partial charge in [0, 0.05) is 23.6 Å². The Kier molecular flexibility index (Phi) is 4.08. The Morgan fingerprint density at radius 2 is 2.14 bits per heavy atom. The van der Waals surface area contributed by atoms with Gasteiger partial charge in [0.1, 0.15) is 18.8 Å². The molecule has 0 spiro atoms. The molecule has 2 aliphatic rings. The van der Waals surface area contributed by atoms with Crippen molar-refractivity contribution < 1.29 is 19.0 Å². The third-order valence-corrected chi connectivity index (χ3v) is 5.25. The Labute approximate surface area is 135 Å². The van der Waals surface area contributed by atoms with E-state index in [-0.39, 0.29) is 34.7 Å². The number of benzene rings is 1. The van der Waals surface area contributed by atoms with Crippen LogP contribution in [0.4, 0.5) is 0 Å². The number of hydrogen-bond donors (Lipinski definition) is 0. The summed E-state index contributed by atoms with van der Waals surface area (Å²) in [5.74, 6) is -0.0175. The van der Waals surface area contributed by atoms with Crippen molar-refractivity contribution in [1.82, 2.24) is 0 Å². The highest BCUT2D eigenvalue weighted by Gasteiger charge is 2.54. The molecule has 1 saturated carbocycles. The Morgan fingerprint density at radius 3 is 2.68 bits per heavy atom. The first kappa shape index (κ1) is 15.3. The molecule has 1 aromatic rings. The van der Waals surface area contributed by atoms with Crippen molar-refractivity contribution in [2.45, 2.75) is 38.9 Å². The number of rotatable bonds is 4.